The Hall–Kier alpha value is -2.12. The first kappa shape index (κ1) is 18.3. The first-order valence-corrected chi connectivity index (χ1v) is 10.5. The zero-order valence-corrected chi connectivity index (χ0v) is 17.0. The minimum absolute atomic E-state index is 0.217. The van der Waals surface area contributed by atoms with Crippen LogP contribution in [-0.4, -0.2) is 5.91 Å². The van der Waals surface area contributed by atoms with Gasteiger partial charge >= 0.3 is 0 Å². The van der Waals surface area contributed by atoms with Crippen LogP contribution in [0.4, 0.5) is 5.69 Å². The third-order valence-electron chi connectivity index (χ3n) is 4.08. The summed E-state index contributed by atoms with van der Waals surface area (Å²) in [4.78, 5) is 18.5. The molecule has 1 aromatic carbocycles. The van der Waals surface area contributed by atoms with Crippen molar-refractivity contribution in [1.82, 2.24) is 5.32 Å². The summed E-state index contributed by atoms with van der Waals surface area (Å²) in [5.41, 5.74) is 8.56. The normalized spacial score (nSPS) is 11.0. The van der Waals surface area contributed by atoms with E-state index in [1.165, 1.54) is 11.3 Å². The first-order chi connectivity index (χ1) is 13.0. The van der Waals surface area contributed by atoms with Crippen LogP contribution in [0.2, 0.25) is 10.0 Å². The summed E-state index contributed by atoms with van der Waals surface area (Å²) >= 11 is 14.9. The fourth-order valence-corrected chi connectivity index (χ4v) is 4.77. The largest absolute Gasteiger partial charge is 0.397 e. The molecule has 4 N–H and O–H groups in total. The second-order valence-corrected chi connectivity index (χ2v) is 8.65. The van der Waals surface area contributed by atoms with Gasteiger partial charge in [-0.15, -0.1) is 11.3 Å². The molecule has 8 heteroatoms. The number of aromatic amines is 1. The minimum atomic E-state index is -0.217. The van der Waals surface area contributed by atoms with Crippen LogP contribution in [0.5, 0.6) is 0 Å². The SMILES string of the molecule is Nc1c(C(=O)NCc2ccc(Cl)c(Cl)c2)sc2[nH+]c(-c3cccs3)ccc12. The lowest BCUT2D eigenvalue weighted by Gasteiger charge is -2.05. The van der Waals surface area contributed by atoms with Gasteiger partial charge in [-0.1, -0.05) is 46.7 Å². The number of rotatable bonds is 4. The molecule has 0 aliphatic heterocycles. The molecule has 0 saturated heterocycles. The van der Waals surface area contributed by atoms with Crippen molar-refractivity contribution in [2.24, 2.45) is 0 Å². The van der Waals surface area contributed by atoms with E-state index in [4.69, 9.17) is 28.9 Å². The fraction of sp³-hybridized carbons (Fsp3) is 0.0526. The van der Waals surface area contributed by atoms with Crippen LogP contribution < -0.4 is 16.0 Å². The summed E-state index contributed by atoms with van der Waals surface area (Å²) in [5, 5.41) is 6.70. The molecular weight excluding hydrogens is 421 g/mol. The molecule has 0 radical (unpaired) electrons. The van der Waals surface area contributed by atoms with Gasteiger partial charge in [0.15, 0.2) is 0 Å². The molecule has 136 valence electrons. The molecule has 0 aliphatic rings. The number of hydrogen-bond acceptors (Lipinski definition) is 4. The van der Waals surface area contributed by atoms with Crippen molar-refractivity contribution in [1.29, 1.82) is 0 Å². The van der Waals surface area contributed by atoms with Gasteiger partial charge in [0.2, 0.25) is 5.69 Å². The number of carbonyl (C=O) groups is 1. The van der Waals surface area contributed by atoms with Gasteiger partial charge in [0.25, 0.3) is 10.7 Å². The Morgan fingerprint density at radius 2 is 2.00 bits per heavy atom. The van der Waals surface area contributed by atoms with Gasteiger partial charge < -0.3 is 11.1 Å². The molecule has 1 amide bonds. The van der Waals surface area contributed by atoms with E-state index < -0.39 is 0 Å². The number of halogens is 2. The van der Waals surface area contributed by atoms with Gasteiger partial charge in [-0.25, -0.2) is 0 Å². The van der Waals surface area contributed by atoms with E-state index in [1.807, 2.05) is 35.7 Å². The van der Waals surface area contributed by atoms with Crippen molar-refractivity contribution in [3.05, 3.63) is 68.3 Å². The van der Waals surface area contributed by atoms with E-state index in [1.54, 1.807) is 23.5 Å². The molecular formula is C19H14Cl2N3OS2+. The highest BCUT2D eigenvalue weighted by molar-refractivity contribution is 7.20. The van der Waals surface area contributed by atoms with Crippen LogP contribution in [0.15, 0.2) is 47.8 Å². The van der Waals surface area contributed by atoms with Crippen molar-refractivity contribution in [2.75, 3.05) is 5.73 Å². The second-order valence-electron chi connectivity index (χ2n) is 5.87. The van der Waals surface area contributed by atoms with E-state index >= 15 is 0 Å². The summed E-state index contributed by atoms with van der Waals surface area (Å²) in [5.74, 6) is -0.217. The van der Waals surface area contributed by atoms with E-state index in [-0.39, 0.29) is 5.91 Å². The van der Waals surface area contributed by atoms with Gasteiger partial charge in [0.05, 0.1) is 26.0 Å². The number of anilines is 1. The number of H-pyrrole nitrogens is 1. The van der Waals surface area contributed by atoms with Gasteiger partial charge in [0.1, 0.15) is 4.88 Å². The number of benzene rings is 1. The Bertz CT molecular complexity index is 1140. The lowest BCUT2D eigenvalue weighted by molar-refractivity contribution is -0.327. The number of thiophene rings is 2. The van der Waals surface area contributed by atoms with Crippen molar-refractivity contribution >= 4 is 67.7 Å². The fourth-order valence-electron chi connectivity index (χ4n) is 2.70. The zero-order chi connectivity index (χ0) is 19.0. The van der Waals surface area contributed by atoms with Gasteiger partial charge in [-0.3, -0.25) is 4.79 Å². The molecule has 0 bridgehead atoms. The molecule has 0 saturated carbocycles. The van der Waals surface area contributed by atoms with Crippen molar-refractivity contribution < 1.29 is 9.78 Å². The molecule has 0 fully saturated rings. The number of pyridine rings is 1. The summed E-state index contributed by atoms with van der Waals surface area (Å²) < 4.78 is 0. The Kier molecular flexibility index (Phi) is 5.06. The predicted octanol–water partition coefficient (Wildman–Crippen LogP) is 5.26. The maximum atomic E-state index is 12.6. The van der Waals surface area contributed by atoms with Crippen molar-refractivity contribution in [3.8, 4) is 10.6 Å². The Morgan fingerprint density at radius 1 is 1.15 bits per heavy atom. The molecule has 4 aromatic rings. The van der Waals surface area contributed by atoms with Crippen molar-refractivity contribution in [2.45, 2.75) is 6.54 Å². The number of aromatic nitrogens is 1. The molecule has 3 aromatic heterocycles. The highest BCUT2D eigenvalue weighted by Gasteiger charge is 2.21. The summed E-state index contributed by atoms with van der Waals surface area (Å²) in [6.07, 6.45) is 0. The molecule has 0 spiro atoms. The average molecular weight is 435 g/mol. The van der Waals surface area contributed by atoms with Crippen LogP contribution >= 0.6 is 45.9 Å². The molecule has 3 heterocycles. The number of amides is 1. The highest BCUT2D eigenvalue weighted by Crippen LogP contribution is 2.33. The van der Waals surface area contributed by atoms with Crippen LogP contribution in [0.25, 0.3) is 20.8 Å². The Morgan fingerprint density at radius 3 is 2.74 bits per heavy atom. The van der Waals surface area contributed by atoms with Gasteiger partial charge in [-0.05, 0) is 35.2 Å². The lowest BCUT2D eigenvalue weighted by Crippen LogP contribution is -2.22. The molecule has 4 nitrogen and oxygen atoms in total. The maximum Gasteiger partial charge on any atom is 0.270 e. The maximum absolute atomic E-state index is 12.6. The number of nitrogens with two attached hydrogens (primary N) is 1. The number of nitrogen functional groups attached to an aromatic ring is 1. The van der Waals surface area contributed by atoms with E-state index in [0.29, 0.717) is 27.2 Å². The lowest BCUT2D eigenvalue weighted by atomic mass is 10.2. The molecule has 0 unspecified atom stereocenters. The smallest absolute Gasteiger partial charge is 0.270 e. The molecule has 27 heavy (non-hydrogen) atoms. The third kappa shape index (κ3) is 3.66. The molecule has 0 aliphatic carbocycles. The topological polar surface area (TPSA) is 69.3 Å². The Labute approximate surface area is 173 Å². The number of carbonyl (C=O) groups excluding carboxylic acids is 1. The van der Waals surface area contributed by atoms with Crippen LogP contribution in [0.1, 0.15) is 15.2 Å². The zero-order valence-electron chi connectivity index (χ0n) is 13.9. The average Bonchev–Trinajstić information content (AvgIpc) is 3.31. The third-order valence-corrected chi connectivity index (χ3v) is 6.86. The summed E-state index contributed by atoms with van der Waals surface area (Å²) in [6, 6.07) is 13.2. The van der Waals surface area contributed by atoms with Crippen LogP contribution in [-0.2, 0) is 6.54 Å². The van der Waals surface area contributed by atoms with Crippen LogP contribution in [0, 0.1) is 0 Å². The Balaban J connectivity index is 1.57. The quantitative estimate of drug-likeness (QED) is 0.459. The molecule has 4 rings (SSSR count). The van der Waals surface area contributed by atoms with Crippen molar-refractivity contribution in [3.63, 3.8) is 0 Å². The molecule has 0 atom stereocenters. The minimum Gasteiger partial charge on any atom is -0.397 e. The highest BCUT2D eigenvalue weighted by atomic mass is 35.5. The van der Waals surface area contributed by atoms with Gasteiger partial charge in [-0.2, -0.15) is 4.98 Å². The number of fused-ring (bicyclic) bond motifs is 1. The summed E-state index contributed by atoms with van der Waals surface area (Å²) in [7, 11) is 0. The summed E-state index contributed by atoms with van der Waals surface area (Å²) in [6.45, 7) is 0.341. The standard InChI is InChI=1S/C19H13Cl2N3OS2/c20-12-5-3-10(8-13(12)21)9-23-18(25)17-16(22)11-4-6-14(24-19(11)27-17)15-2-1-7-26-15/h1-8H,9,22H2,(H,23,25)/p+1. The second kappa shape index (κ2) is 7.48. The van der Waals surface area contributed by atoms with Crippen LogP contribution in [0.3, 0.4) is 0 Å². The number of nitrogens with one attached hydrogen (secondary N) is 2. The van der Waals surface area contributed by atoms with E-state index in [0.717, 1.165) is 26.4 Å². The van der Waals surface area contributed by atoms with E-state index in [2.05, 4.69) is 10.3 Å². The van der Waals surface area contributed by atoms with Gasteiger partial charge in [0, 0.05) is 12.6 Å². The van der Waals surface area contributed by atoms with E-state index in [9.17, 15) is 4.79 Å². The number of hydrogen-bond donors (Lipinski definition) is 2. The predicted molar refractivity (Wildman–Crippen MR) is 114 cm³/mol. The monoisotopic (exact) mass is 434 g/mol. The first-order valence-electron chi connectivity index (χ1n) is 8.03.